The Morgan fingerprint density at radius 1 is 1.29 bits per heavy atom. The predicted octanol–water partition coefficient (Wildman–Crippen LogP) is 3.36. The van der Waals surface area contributed by atoms with E-state index >= 15 is 0 Å². The summed E-state index contributed by atoms with van der Waals surface area (Å²) in [7, 11) is 0. The summed E-state index contributed by atoms with van der Waals surface area (Å²) in [6.45, 7) is 6.68. The average Bonchev–Trinajstić information content (AvgIpc) is 2.25. The predicted molar refractivity (Wildman–Crippen MR) is 81.2 cm³/mol. The second-order valence-electron chi connectivity index (χ2n) is 5.12. The minimum atomic E-state index is 0.287. The number of nitrogens with two attached hydrogens (primary N) is 1. The fourth-order valence-corrected chi connectivity index (χ4v) is 2.60. The molecule has 1 aromatic carbocycles. The molecule has 4 heteroatoms. The van der Waals surface area contributed by atoms with Gasteiger partial charge in [0.25, 0.3) is 0 Å². The van der Waals surface area contributed by atoms with E-state index in [0.717, 1.165) is 16.6 Å². The van der Waals surface area contributed by atoms with Crippen molar-refractivity contribution in [2.45, 2.75) is 38.0 Å². The lowest BCUT2D eigenvalue weighted by Gasteiger charge is -2.22. The number of thioether (sulfide) groups is 1. The summed E-state index contributed by atoms with van der Waals surface area (Å²) in [6.07, 6.45) is 0.965. The molecule has 0 amide bonds. The van der Waals surface area contributed by atoms with Crippen molar-refractivity contribution < 1.29 is 0 Å². The lowest BCUT2D eigenvalue weighted by Crippen LogP contribution is -2.39. The van der Waals surface area contributed by atoms with Gasteiger partial charge in [0.2, 0.25) is 0 Å². The zero-order chi connectivity index (χ0) is 12.9. The first-order chi connectivity index (χ1) is 7.90. The molecule has 96 valence electrons. The maximum atomic E-state index is 5.61. The van der Waals surface area contributed by atoms with Crippen LogP contribution in [0.2, 0.25) is 0 Å². The first-order valence-corrected chi connectivity index (χ1v) is 7.53. The van der Waals surface area contributed by atoms with Crippen LogP contribution in [0.25, 0.3) is 0 Å². The van der Waals surface area contributed by atoms with Gasteiger partial charge >= 0.3 is 0 Å². The van der Waals surface area contributed by atoms with Crippen molar-refractivity contribution in [2.24, 2.45) is 5.84 Å². The van der Waals surface area contributed by atoms with E-state index in [0.29, 0.717) is 6.04 Å². The van der Waals surface area contributed by atoms with Crippen LogP contribution in [0.5, 0.6) is 0 Å². The van der Waals surface area contributed by atoms with Crippen LogP contribution in [-0.4, -0.2) is 16.5 Å². The van der Waals surface area contributed by atoms with E-state index < -0.39 is 0 Å². The summed E-state index contributed by atoms with van der Waals surface area (Å²) in [5, 5.41) is 0. The molecule has 0 aliphatic rings. The van der Waals surface area contributed by atoms with Gasteiger partial charge in [-0.05, 0) is 24.1 Å². The van der Waals surface area contributed by atoms with Crippen LogP contribution in [0.1, 0.15) is 26.3 Å². The van der Waals surface area contributed by atoms with Gasteiger partial charge < -0.3 is 0 Å². The highest BCUT2D eigenvalue weighted by Gasteiger charge is 2.15. The van der Waals surface area contributed by atoms with Crippen molar-refractivity contribution in [2.75, 3.05) is 5.75 Å². The quantitative estimate of drug-likeness (QED) is 0.646. The van der Waals surface area contributed by atoms with Crippen LogP contribution < -0.4 is 11.3 Å². The largest absolute Gasteiger partial charge is 0.271 e. The molecule has 17 heavy (non-hydrogen) atoms. The molecule has 0 radical (unpaired) electrons. The van der Waals surface area contributed by atoms with E-state index in [9.17, 15) is 0 Å². The number of hydrogen-bond acceptors (Lipinski definition) is 3. The van der Waals surface area contributed by atoms with Gasteiger partial charge in [-0.1, -0.05) is 48.8 Å². The molecule has 0 fully saturated rings. The van der Waals surface area contributed by atoms with Gasteiger partial charge in [0.05, 0.1) is 0 Å². The summed E-state index contributed by atoms with van der Waals surface area (Å²) in [5.74, 6) is 6.63. The van der Waals surface area contributed by atoms with Crippen LogP contribution in [0.4, 0.5) is 0 Å². The molecule has 0 spiro atoms. The highest BCUT2D eigenvalue weighted by molar-refractivity contribution is 9.10. The Kier molecular flexibility index (Phi) is 6.00. The Labute approximate surface area is 117 Å². The molecule has 0 saturated heterocycles. The van der Waals surface area contributed by atoms with E-state index in [2.05, 4.69) is 66.4 Å². The van der Waals surface area contributed by atoms with Crippen molar-refractivity contribution in [1.82, 2.24) is 5.43 Å². The highest BCUT2D eigenvalue weighted by atomic mass is 79.9. The maximum absolute atomic E-state index is 5.61. The molecule has 2 nitrogen and oxygen atoms in total. The Balaban J connectivity index is 2.49. The number of halogens is 1. The van der Waals surface area contributed by atoms with Crippen molar-refractivity contribution in [3.63, 3.8) is 0 Å². The van der Waals surface area contributed by atoms with Gasteiger partial charge in [0.1, 0.15) is 0 Å². The second kappa shape index (κ2) is 6.78. The number of hydrogen-bond donors (Lipinski definition) is 2. The molecule has 0 bridgehead atoms. The van der Waals surface area contributed by atoms with E-state index in [1.165, 1.54) is 5.56 Å². The Morgan fingerprint density at radius 2 is 1.88 bits per heavy atom. The number of hydrazine groups is 1. The van der Waals surface area contributed by atoms with Crippen molar-refractivity contribution in [3.8, 4) is 0 Å². The fourth-order valence-electron chi connectivity index (χ4n) is 1.42. The topological polar surface area (TPSA) is 38.0 Å². The van der Waals surface area contributed by atoms with E-state index in [1.807, 2.05) is 11.8 Å². The van der Waals surface area contributed by atoms with Crippen LogP contribution in [-0.2, 0) is 6.42 Å². The molecule has 0 aromatic heterocycles. The van der Waals surface area contributed by atoms with Gasteiger partial charge in [0, 0.05) is 21.0 Å². The number of nitrogens with one attached hydrogen (secondary N) is 1. The number of benzene rings is 1. The van der Waals surface area contributed by atoms with Crippen molar-refractivity contribution >= 4 is 27.7 Å². The van der Waals surface area contributed by atoms with Crippen LogP contribution in [0, 0.1) is 0 Å². The highest BCUT2D eigenvalue weighted by Crippen LogP contribution is 2.24. The second-order valence-corrected chi connectivity index (χ2v) is 7.88. The molecular formula is C13H21BrN2S. The minimum Gasteiger partial charge on any atom is -0.271 e. The first kappa shape index (κ1) is 15.0. The molecule has 1 unspecified atom stereocenters. The molecule has 0 aliphatic carbocycles. The smallest absolute Gasteiger partial charge is 0.0341 e. The van der Waals surface area contributed by atoms with Crippen molar-refractivity contribution in [1.29, 1.82) is 0 Å². The van der Waals surface area contributed by atoms with E-state index in [-0.39, 0.29) is 4.75 Å². The third-order valence-electron chi connectivity index (χ3n) is 2.35. The molecule has 0 aliphatic heterocycles. The van der Waals surface area contributed by atoms with Gasteiger partial charge in [0.15, 0.2) is 0 Å². The molecule has 1 aromatic rings. The third kappa shape index (κ3) is 6.46. The van der Waals surface area contributed by atoms with E-state index in [1.54, 1.807) is 0 Å². The Bertz CT molecular complexity index is 332. The zero-order valence-electron chi connectivity index (χ0n) is 10.7. The standard InChI is InChI=1S/C13H21BrN2S/c1-13(2,3)17-9-12(16-15)8-10-4-6-11(14)7-5-10/h4-7,12,16H,8-9,15H2,1-3H3. The summed E-state index contributed by atoms with van der Waals surface area (Å²) >= 11 is 5.38. The maximum Gasteiger partial charge on any atom is 0.0341 e. The lowest BCUT2D eigenvalue weighted by atomic mass is 10.1. The molecule has 0 saturated carbocycles. The Hall–Kier alpha value is -0.0300. The monoisotopic (exact) mass is 316 g/mol. The third-order valence-corrected chi connectivity index (χ3v) is 4.31. The van der Waals surface area contributed by atoms with Crippen LogP contribution in [0.15, 0.2) is 28.7 Å². The SMILES string of the molecule is CC(C)(C)SCC(Cc1ccc(Br)cc1)NN. The van der Waals surface area contributed by atoms with E-state index in [4.69, 9.17) is 5.84 Å². The molecule has 3 N–H and O–H groups in total. The van der Waals surface area contributed by atoms with Crippen LogP contribution in [0.3, 0.4) is 0 Å². The summed E-state index contributed by atoms with van der Waals surface area (Å²) in [4.78, 5) is 0. The van der Waals surface area contributed by atoms with Gasteiger partial charge in [-0.2, -0.15) is 11.8 Å². The zero-order valence-corrected chi connectivity index (χ0v) is 13.1. The summed E-state index contributed by atoms with van der Waals surface area (Å²) in [6, 6.07) is 8.73. The fraction of sp³-hybridized carbons (Fsp3) is 0.538. The summed E-state index contributed by atoms with van der Waals surface area (Å²) in [5.41, 5.74) is 4.22. The average molecular weight is 317 g/mol. The lowest BCUT2D eigenvalue weighted by molar-refractivity contribution is 0.573. The van der Waals surface area contributed by atoms with Crippen LogP contribution >= 0.6 is 27.7 Å². The first-order valence-electron chi connectivity index (χ1n) is 5.75. The summed E-state index contributed by atoms with van der Waals surface area (Å²) < 4.78 is 1.40. The Morgan fingerprint density at radius 3 is 2.35 bits per heavy atom. The molecule has 1 atom stereocenters. The van der Waals surface area contributed by atoms with Crippen molar-refractivity contribution in [3.05, 3.63) is 34.3 Å². The normalized spacial score (nSPS) is 13.7. The molecular weight excluding hydrogens is 296 g/mol. The number of rotatable bonds is 5. The van der Waals surface area contributed by atoms with Gasteiger partial charge in [-0.15, -0.1) is 0 Å². The molecule has 1 rings (SSSR count). The van der Waals surface area contributed by atoms with Gasteiger partial charge in [-0.3, -0.25) is 11.3 Å². The molecule has 0 heterocycles. The minimum absolute atomic E-state index is 0.287. The van der Waals surface area contributed by atoms with Gasteiger partial charge in [-0.25, -0.2) is 0 Å².